The highest BCUT2D eigenvalue weighted by atomic mass is 15.4. The van der Waals surface area contributed by atoms with Crippen molar-refractivity contribution in [2.24, 2.45) is 0 Å². The van der Waals surface area contributed by atoms with Crippen LogP contribution in [0.25, 0.3) is 33.1 Å². The lowest BCUT2D eigenvalue weighted by molar-refractivity contribution is 0.230. The van der Waals surface area contributed by atoms with Gasteiger partial charge in [-0.3, -0.25) is 4.90 Å². The number of nitrogens with one attached hydrogen (secondary N) is 2. The quantitative estimate of drug-likeness (QED) is 0.596. The van der Waals surface area contributed by atoms with Crippen molar-refractivity contribution in [1.29, 1.82) is 0 Å². The van der Waals surface area contributed by atoms with Crippen LogP contribution < -0.4 is 5.32 Å². The molecule has 2 aromatic carbocycles. The van der Waals surface area contributed by atoms with Crippen LogP contribution in [-0.2, 0) is 6.54 Å². The fraction of sp³-hybridized carbons (Fsp3) is 0.300. The van der Waals surface area contributed by atoms with Gasteiger partial charge in [-0.15, -0.1) is 5.10 Å². The molecule has 2 N–H and O–H groups in total. The van der Waals surface area contributed by atoms with Crippen molar-refractivity contribution in [2.45, 2.75) is 6.54 Å². The second-order valence-electron chi connectivity index (χ2n) is 6.86. The lowest BCUT2D eigenvalue weighted by Gasteiger charge is -2.26. The molecule has 6 nitrogen and oxygen atoms in total. The van der Waals surface area contributed by atoms with Gasteiger partial charge >= 0.3 is 0 Å². The number of fused-ring (bicyclic) bond motifs is 2. The van der Waals surface area contributed by atoms with Gasteiger partial charge in [-0.1, -0.05) is 29.5 Å². The molecule has 4 aromatic rings. The fourth-order valence-electron chi connectivity index (χ4n) is 3.78. The third kappa shape index (κ3) is 2.77. The maximum atomic E-state index is 4.38. The van der Waals surface area contributed by atoms with Gasteiger partial charge in [-0.05, 0) is 23.8 Å². The molecule has 1 fully saturated rings. The van der Waals surface area contributed by atoms with E-state index < -0.39 is 0 Å². The van der Waals surface area contributed by atoms with Gasteiger partial charge in [0.05, 0.1) is 12.1 Å². The van der Waals surface area contributed by atoms with Crippen LogP contribution in [0.3, 0.4) is 0 Å². The molecule has 0 saturated carbocycles. The average molecular weight is 346 g/mol. The van der Waals surface area contributed by atoms with E-state index in [-0.39, 0.29) is 0 Å². The standard InChI is InChI=1S/C20H22N6/c1-2-4-18-16(3-1)17(14-22-18)15-5-6-19-20(13-15)26(24-23-19)12-11-25-9-7-21-8-10-25/h1-6,13-14,21-22H,7-12H2. The number of H-pyrrole nitrogens is 1. The van der Waals surface area contributed by atoms with E-state index in [1.807, 2.05) is 4.68 Å². The van der Waals surface area contributed by atoms with Gasteiger partial charge in [-0.2, -0.15) is 0 Å². The molecular formula is C20H22N6. The van der Waals surface area contributed by atoms with Crippen LogP contribution in [0.4, 0.5) is 0 Å². The molecule has 1 aliphatic rings. The molecule has 2 aromatic heterocycles. The predicted octanol–water partition coefficient (Wildman–Crippen LogP) is 2.48. The van der Waals surface area contributed by atoms with Gasteiger partial charge in [0.25, 0.3) is 0 Å². The zero-order valence-corrected chi connectivity index (χ0v) is 14.7. The van der Waals surface area contributed by atoms with Crippen molar-refractivity contribution >= 4 is 21.9 Å². The molecule has 0 unspecified atom stereocenters. The third-order valence-electron chi connectivity index (χ3n) is 5.25. The summed E-state index contributed by atoms with van der Waals surface area (Å²) < 4.78 is 2.04. The largest absolute Gasteiger partial charge is 0.361 e. The van der Waals surface area contributed by atoms with Crippen molar-refractivity contribution in [1.82, 2.24) is 30.2 Å². The van der Waals surface area contributed by atoms with E-state index >= 15 is 0 Å². The molecule has 1 aliphatic heterocycles. The van der Waals surface area contributed by atoms with Crippen LogP contribution in [0, 0.1) is 0 Å². The predicted molar refractivity (Wildman–Crippen MR) is 104 cm³/mol. The molecule has 0 atom stereocenters. The van der Waals surface area contributed by atoms with Crippen LogP contribution in [0.1, 0.15) is 0 Å². The Balaban J connectivity index is 1.46. The zero-order valence-electron chi connectivity index (χ0n) is 14.7. The van der Waals surface area contributed by atoms with E-state index in [0.29, 0.717) is 0 Å². The third-order valence-corrected chi connectivity index (χ3v) is 5.25. The first kappa shape index (κ1) is 15.5. The van der Waals surface area contributed by atoms with Crippen molar-refractivity contribution in [3.8, 4) is 11.1 Å². The summed E-state index contributed by atoms with van der Waals surface area (Å²) in [6.45, 7) is 6.23. The van der Waals surface area contributed by atoms with Gasteiger partial charge < -0.3 is 10.3 Å². The van der Waals surface area contributed by atoms with Crippen LogP contribution in [0.2, 0.25) is 0 Å². The van der Waals surface area contributed by atoms with Crippen LogP contribution in [0.15, 0.2) is 48.7 Å². The van der Waals surface area contributed by atoms with Gasteiger partial charge in [0, 0.05) is 55.4 Å². The van der Waals surface area contributed by atoms with E-state index in [4.69, 9.17) is 0 Å². The fourth-order valence-corrected chi connectivity index (χ4v) is 3.78. The smallest absolute Gasteiger partial charge is 0.113 e. The molecular weight excluding hydrogens is 324 g/mol. The summed E-state index contributed by atoms with van der Waals surface area (Å²) in [6.07, 6.45) is 2.08. The van der Waals surface area contributed by atoms with Crippen LogP contribution in [0.5, 0.6) is 0 Å². The van der Waals surface area contributed by atoms with E-state index in [0.717, 1.165) is 55.8 Å². The Morgan fingerprint density at radius 1 is 1.00 bits per heavy atom. The van der Waals surface area contributed by atoms with E-state index in [9.17, 15) is 0 Å². The Kier molecular flexibility index (Phi) is 3.92. The average Bonchev–Trinajstić information content (AvgIpc) is 3.31. The summed E-state index contributed by atoms with van der Waals surface area (Å²) in [5, 5.41) is 13.4. The minimum atomic E-state index is 0.869. The lowest BCUT2D eigenvalue weighted by atomic mass is 10.0. The number of aromatic amines is 1. The Hall–Kier alpha value is -2.70. The van der Waals surface area contributed by atoms with Gasteiger partial charge in [0.15, 0.2) is 0 Å². The molecule has 5 rings (SSSR count). The summed E-state index contributed by atoms with van der Waals surface area (Å²) in [5.41, 5.74) is 5.63. The monoisotopic (exact) mass is 346 g/mol. The highest BCUT2D eigenvalue weighted by Gasteiger charge is 2.12. The molecule has 0 aliphatic carbocycles. The first-order valence-corrected chi connectivity index (χ1v) is 9.21. The van der Waals surface area contributed by atoms with Gasteiger partial charge in [-0.25, -0.2) is 4.68 Å². The van der Waals surface area contributed by atoms with Gasteiger partial charge in [0.2, 0.25) is 0 Å². The number of nitrogens with zero attached hydrogens (tertiary/aromatic N) is 4. The normalized spacial score (nSPS) is 15.8. The van der Waals surface area contributed by atoms with Crippen molar-refractivity contribution in [3.05, 3.63) is 48.7 Å². The van der Waals surface area contributed by atoms with Crippen LogP contribution in [-0.4, -0.2) is 57.6 Å². The first-order valence-electron chi connectivity index (χ1n) is 9.21. The summed E-state index contributed by atoms with van der Waals surface area (Å²) in [6, 6.07) is 14.8. The van der Waals surface area contributed by atoms with E-state index in [1.165, 1.54) is 16.5 Å². The van der Waals surface area contributed by atoms with Crippen molar-refractivity contribution in [3.63, 3.8) is 0 Å². The topological polar surface area (TPSA) is 61.8 Å². The summed E-state index contributed by atoms with van der Waals surface area (Å²) in [4.78, 5) is 5.84. The molecule has 0 radical (unpaired) electrons. The molecule has 1 saturated heterocycles. The Morgan fingerprint density at radius 3 is 2.81 bits per heavy atom. The molecule has 26 heavy (non-hydrogen) atoms. The van der Waals surface area contributed by atoms with Crippen molar-refractivity contribution < 1.29 is 0 Å². The molecule has 132 valence electrons. The van der Waals surface area contributed by atoms with E-state index in [2.05, 4.69) is 74.2 Å². The highest BCUT2D eigenvalue weighted by molar-refractivity contribution is 5.97. The molecule has 0 bridgehead atoms. The zero-order chi connectivity index (χ0) is 17.3. The lowest BCUT2D eigenvalue weighted by Crippen LogP contribution is -2.44. The number of rotatable bonds is 4. The Bertz CT molecular complexity index is 1040. The Labute approximate surface area is 151 Å². The summed E-state index contributed by atoms with van der Waals surface area (Å²) >= 11 is 0. The van der Waals surface area contributed by atoms with Crippen molar-refractivity contribution in [2.75, 3.05) is 32.7 Å². The summed E-state index contributed by atoms with van der Waals surface area (Å²) in [7, 11) is 0. The van der Waals surface area contributed by atoms with Gasteiger partial charge in [0.1, 0.15) is 5.52 Å². The maximum Gasteiger partial charge on any atom is 0.113 e. The second-order valence-corrected chi connectivity index (χ2v) is 6.86. The van der Waals surface area contributed by atoms with Crippen LogP contribution >= 0.6 is 0 Å². The molecule has 0 amide bonds. The summed E-state index contributed by atoms with van der Waals surface area (Å²) in [5.74, 6) is 0. The second kappa shape index (κ2) is 6.55. The highest BCUT2D eigenvalue weighted by Crippen LogP contribution is 2.30. The number of hydrogen-bond donors (Lipinski definition) is 2. The van der Waals surface area contributed by atoms with E-state index in [1.54, 1.807) is 0 Å². The Morgan fingerprint density at radius 2 is 1.88 bits per heavy atom. The molecule has 0 spiro atoms. The number of benzene rings is 2. The first-order chi connectivity index (χ1) is 12.9. The minimum Gasteiger partial charge on any atom is -0.361 e. The number of hydrogen-bond acceptors (Lipinski definition) is 4. The maximum absolute atomic E-state index is 4.38. The minimum absolute atomic E-state index is 0.869. The SMILES string of the molecule is c1ccc2c(-c3ccc4nnn(CCN5CCNCC5)c4c3)c[nH]c2c1. The number of para-hydroxylation sites is 1. The molecule has 6 heteroatoms. The number of aromatic nitrogens is 4. The number of piperazine rings is 1. The molecule has 3 heterocycles.